The summed E-state index contributed by atoms with van der Waals surface area (Å²) >= 11 is 5.80. The third kappa shape index (κ3) is 3.22. The van der Waals surface area contributed by atoms with Crippen molar-refractivity contribution in [3.8, 4) is 0 Å². The van der Waals surface area contributed by atoms with Crippen molar-refractivity contribution >= 4 is 44.6 Å². The van der Waals surface area contributed by atoms with Crippen molar-refractivity contribution in [3.05, 3.63) is 52.5 Å². The summed E-state index contributed by atoms with van der Waals surface area (Å²) < 4.78 is 29.2. The summed E-state index contributed by atoms with van der Waals surface area (Å²) in [6, 6.07) is 8.95. The van der Waals surface area contributed by atoms with Gasteiger partial charge in [-0.05, 0) is 67.8 Å². The Balaban J connectivity index is 1.67. The van der Waals surface area contributed by atoms with Crippen LogP contribution in [-0.4, -0.2) is 30.5 Å². The molecule has 2 amide bonds. The van der Waals surface area contributed by atoms with Crippen molar-refractivity contribution in [2.45, 2.75) is 31.7 Å². The van der Waals surface area contributed by atoms with E-state index in [9.17, 15) is 13.2 Å². The van der Waals surface area contributed by atoms with Crippen LogP contribution < -0.4 is 9.62 Å². The molecule has 0 bridgehead atoms. The SMILES string of the molecule is Cc1cc2nc3n(c2cc1C)CCCN3C(=O)NS(=O)(=O)c1ccc(Cl)cc1. The molecule has 0 spiro atoms. The Labute approximate surface area is 168 Å². The number of imidazole rings is 1. The zero-order chi connectivity index (χ0) is 20.1. The summed E-state index contributed by atoms with van der Waals surface area (Å²) in [5.74, 6) is 0.454. The number of hydrogen-bond donors (Lipinski definition) is 1. The first kappa shape index (κ1) is 18.8. The van der Waals surface area contributed by atoms with E-state index in [2.05, 4.69) is 9.71 Å². The molecule has 0 fully saturated rings. The number of nitrogens with one attached hydrogen (secondary N) is 1. The van der Waals surface area contributed by atoms with Gasteiger partial charge >= 0.3 is 6.03 Å². The Morgan fingerprint density at radius 1 is 1.11 bits per heavy atom. The number of aryl methyl sites for hydroxylation is 3. The van der Waals surface area contributed by atoms with Crippen molar-refractivity contribution in [2.75, 3.05) is 11.4 Å². The molecule has 0 unspecified atom stereocenters. The zero-order valence-corrected chi connectivity index (χ0v) is 17.0. The Bertz CT molecular complexity index is 1190. The normalized spacial score (nSPS) is 14.2. The minimum absolute atomic E-state index is 0.0259. The summed E-state index contributed by atoms with van der Waals surface area (Å²) in [6.45, 7) is 5.16. The lowest BCUT2D eigenvalue weighted by molar-refractivity contribution is 0.249. The third-order valence-electron chi connectivity index (χ3n) is 4.94. The van der Waals surface area contributed by atoms with Crippen LogP contribution in [0.5, 0.6) is 0 Å². The molecular formula is C19H19ClN4O3S. The van der Waals surface area contributed by atoms with Crippen LogP contribution in [0.4, 0.5) is 10.7 Å². The number of carbonyl (C=O) groups excluding carboxylic acids is 1. The lowest BCUT2D eigenvalue weighted by Gasteiger charge is -2.27. The van der Waals surface area contributed by atoms with Crippen LogP contribution in [0.15, 0.2) is 41.3 Å². The second-order valence-corrected chi connectivity index (χ2v) is 8.98. The van der Waals surface area contributed by atoms with Crippen LogP contribution >= 0.6 is 11.6 Å². The van der Waals surface area contributed by atoms with Crippen molar-refractivity contribution < 1.29 is 13.2 Å². The number of amides is 2. The number of fused-ring (bicyclic) bond motifs is 3. The first-order valence-electron chi connectivity index (χ1n) is 8.83. The smallest absolute Gasteiger partial charge is 0.310 e. The van der Waals surface area contributed by atoms with Gasteiger partial charge in [0.05, 0.1) is 15.9 Å². The first-order valence-corrected chi connectivity index (χ1v) is 10.7. The van der Waals surface area contributed by atoms with E-state index in [0.29, 0.717) is 23.9 Å². The Kier molecular flexibility index (Phi) is 4.55. The molecule has 0 saturated carbocycles. The number of anilines is 1. The number of nitrogens with zero attached hydrogens (tertiary/aromatic N) is 3. The van der Waals surface area contributed by atoms with E-state index in [1.807, 2.05) is 30.5 Å². The van der Waals surface area contributed by atoms with Crippen molar-refractivity contribution in [1.29, 1.82) is 0 Å². The van der Waals surface area contributed by atoms with Crippen LogP contribution in [0.2, 0.25) is 5.02 Å². The van der Waals surface area contributed by atoms with E-state index in [1.54, 1.807) is 0 Å². The summed E-state index contributed by atoms with van der Waals surface area (Å²) in [7, 11) is -4.01. The van der Waals surface area contributed by atoms with E-state index in [4.69, 9.17) is 11.6 Å². The number of hydrogen-bond acceptors (Lipinski definition) is 4. The molecule has 1 N–H and O–H groups in total. The van der Waals surface area contributed by atoms with Crippen LogP contribution in [0.3, 0.4) is 0 Å². The lowest BCUT2D eigenvalue weighted by atomic mass is 10.1. The van der Waals surface area contributed by atoms with E-state index in [1.165, 1.54) is 29.2 Å². The standard InChI is InChI=1S/C19H19ClN4O3S/c1-12-10-16-17(11-13(12)2)23-8-3-9-24(18(23)21-16)19(25)22-28(26,27)15-6-4-14(20)5-7-15/h4-7,10-11H,3,8-9H2,1-2H3,(H,22,25). The fourth-order valence-electron chi connectivity index (χ4n) is 3.32. The van der Waals surface area contributed by atoms with Crippen LogP contribution in [0.25, 0.3) is 11.0 Å². The molecule has 0 radical (unpaired) electrons. The molecule has 9 heteroatoms. The van der Waals surface area contributed by atoms with Gasteiger partial charge in [-0.25, -0.2) is 22.9 Å². The van der Waals surface area contributed by atoms with Crippen LogP contribution in [0.1, 0.15) is 17.5 Å². The molecule has 1 aliphatic heterocycles. The molecule has 0 saturated heterocycles. The second kappa shape index (κ2) is 6.79. The zero-order valence-electron chi connectivity index (χ0n) is 15.4. The fourth-order valence-corrected chi connectivity index (χ4v) is 4.39. The highest BCUT2D eigenvalue weighted by Gasteiger charge is 2.29. The summed E-state index contributed by atoms with van der Waals surface area (Å²) in [5.41, 5.74) is 3.99. The number of aromatic nitrogens is 2. The minimum atomic E-state index is -4.01. The molecule has 1 aliphatic rings. The van der Waals surface area contributed by atoms with Crippen LogP contribution in [0, 0.1) is 13.8 Å². The topological polar surface area (TPSA) is 84.3 Å². The number of urea groups is 1. The Morgan fingerprint density at radius 3 is 2.50 bits per heavy atom. The second-order valence-electron chi connectivity index (χ2n) is 6.86. The molecule has 0 aliphatic carbocycles. The molecule has 4 rings (SSSR count). The maximum Gasteiger partial charge on any atom is 0.338 e. The average molecular weight is 419 g/mol. The van der Waals surface area contributed by atoms with Gasteiger partial charge in [-0.2, -0.15) is 0 Å². The Hall–Kier alpha value is -2.58. The average Bonchev–Trinajstić information content (AvgIpc) is 2.99. The van der Waals surface area contributed by atoms with Crippen molar-refractivity contribution in [3.63, 3.8) is 0 Å². The molecular weight excluding hydrogens is 400 g/mol. The predicted molar refractivity (Wildman–Crippen MR) is 108 cm³/mol. The van der Waals surface area contributed by atoms with Gasteiger partial charge in [0.25, 0.3) is 10.0 Å². The molecule has 0 atom stereocenters. The van der Waals surface area contributed by atoms with Gasteiger partial charge in [0.2, 0.25) is 5.95 Å². The number of benzene rings is 2. The maximum atomic E-state index is 12.8. The number of rotatable bonds is 2. The summed E-state index contributed by atoms with van der Waals surface area (Å²) in [4.78, 5) is 18.7. The molecule has 7 nitrogen and oxygen atoms in total. The predicted octanol–water partition coefficient (Wildman–Crippen LogP) is 3.62. The molecule has 1 aromatic heterocycles. The van der Waals surface area contributed by atoms with Crippen LogP contribution in [-0.2, 0) is 16.6 Å². The maximum absolute atomic E-state index is 12.8. The quantitative estimate of drug-likeness (QED) is 0.688. The third-order valence-corrected chi connectivity index (χ3v) is 6.53. The number of carbonyl (C=O) groups is 1. The van der Waals surface area contributed by atoms with Gasteiger partial charge in [0.15, 0.2) is 0 Å². The lowest BCUT2D eigenvalue weighted by Crippen LogP contribution is -2.46. The largest absolute Gasteiger partial charge is 0.338 e. The summed E-state index contributed by atoms with van der Waals surface area (Å²) in [6.07, 6.45) is 0.708. The number of halogens is 1. The molecule has 2 heterocycles. The minimum Gasteiger partial charge on any atom is -0.310 e. The van der Waals surface area contributed by atoms with Crippen molar-refractivity contribution in [1.82, 2.24) is 14.3 Å². The van der Waals surface area contributed by atoms with Gasteiger partial charge < -0.3 is 4.57 Å². The summed E-state index contributed by atoms with van der Waals surface area (Å²) in [5, 5.41) is 0.417. The molecule has 28 heavy (non-hydrogen) atoms. The van der Waals surface area contributed by atoms with Gasteiger partial charge in [0, 0.05) is 18.1 Å². The molecule has 146 valence electrons. The van der Waals surface area contributed by atoms with E-state index in [-0.39, 0.29) is 4.90 Å². The van der Waals surface area contributed by atoms with E-state index >= 15 is 0 Å². The monoisotopic (exact) mass is 418 g/mol. The molecule has 3 aromatic rings. The van der Waals surface area contributed by atoms with Gasteiger partial charge in [-0.1, -0.05) is 11.6 Å². The molecule has 2 aromatic carbocycles. The first-order chi connectivity index (χ1) is 13.3. The fraction of sp³-hybridized carbons (Fsp3) is 0.263. The Morgan fingerprint density at radius 2 is 1.79 bits per heavy atom. The van der Waals surface area contributed by atoms with Gasteiger partial charge in [-0.3, -0.25) is 4.90 Å². The van der Waals surface area contributed by atoms with Gasteiger partial charge in [-0.15, -0.1) is 0 Å². The number of sulfonamides is 1. The van der Waals surface area contributed by atoms with Gasteiger partial charge in [0.1, 0.15) is 0 Å². The highest BCUT2D eigenvalue weighted by Crippen LogP contribution is 2.29. The highest BCUT2D eigenvalue weighted by molar-refractivity contribution is 7.90. The van der Waals surface area contributed by atoms with E-state index < -0.39 is 16.1 Å². The van der Waals surface area contributed by atoms with Crippen molar-refractivity contribution in [2.24, 2.45) is 0 Å². The van der Waals surface area contributed by atoms with E-state index in [0.717, 1.165) is 28.7 Å². The highest BCUT2D eigenvalue weighted by atomic mass is 35.5.